The first kappa shape index (κ1) is 18.6. The number of hydrogen-bond acceptors (Lipinski definition) is 2. The van der Waals surface area contributed by atoms with Gasteiger partial charge in [0, 0.05) is 17.3 Å². The average Bonchev–Trinajstić information content (AvgIpc) is 2.55. The van der Waals surface area contributed by atoms with Crippen molar-refractivity contribution in [3.8, 4) is 0 Å². The molecular formula is C19H20F2N2O2. The molecule has 2 N–H and O–H groups in total. The average molecular weight is 346 g/mol. The molecule has 0 unspecified atom stereocenters. The summed E-state index contributed by atoms with van der Waals surface area (Å²) in [5.74, 6) is -2.97. The van der Waals surface area contributed by atoms with Gasteiger partial charge >= 0.3 is 0 Å². The van der Waals surface area contributed by atoms with E-state index in [1.165, 1.54) is 6.07 Å². The van der Waals surface area contributed by atoms with Crippen molar-refractivity contribution in [2.24, 2.45) is 0 Å². The van der Waals surface area contributed by atoms with Gasteiger partial charge in [0.05, 0.1) is 6.54 Å². The van der Waals surface area contributed by atoms with Crippen molar-refractivity contribution >= 4 is 17.5 Å². The van der Waals surface area contributed by atoms with Crippen LogP contribution in [0.2, 0.25) is 0 Å². The van der Waals surface area contributed by atoms with Crippen LogP contribution in [0.5, 0.6) is 0 Å². The van der Waals surface area contributed by atoms with Gasteiger partial charge in [0.1, 0.15) is 0 Å². The van der Waals surface area contributed by atoms with Gasteiger partial charge in [-0.3, -0.25) is 9.59 Å². The zero-order valence-corrected chi connectivity index (χ0v) is 14.3. The minimum Gasteiger partial charge on any atom is -0.343 e. The SMILES string of the molecule is CC(C)(C)c1ccc(C(=O)NCC(=O)Nc2ccc(F)c(F)c2)cc1. The van der Waals surface area contributed by atoms with Gasteiger partial charge in [-0.05, 0) is 35.2 Å². The third kappa shape index (κ3) is 5.11. The van der Waals surface area contributed by atoms with Crippen LogP contribution in [0.1, 0.15) is 36.7 Å². The van der Waals surface area contributed by atoms with E-state index in [-0.39, 0.29) is 23.6 Å². The second kappa shape index (κ2) is 7.42. The Hall–Kier alpha value is -2.76. The lowest BCUT2D eigenvalue weighted by atomic mass is 9.87. The predicted molar refractivity (Wildman–Crippen MR) is 92.5 cm³/mol. The maximum Gasteiger partial charge on any atom is 0.251 e. The molecule has 0 aliphatic rings. The van der Waals surface area contributed by atoms with E-state index in [4.69, 9.17) is 0 Å². The summed E-state index contributed by atoms with van der Waals surface area (Å²) in [7, 11) is 0. The van der Waals surface area contributed by atoms with E-state index in [2.05, 4.69) is 31.4 Å². The molecule has 0 saturated heterocycles. The number of halogens is 2. The summed E-state index contributed by atoms with van der Waals surface area (Å²) in [5.41, 5.74) is 1.64. The Labute approximate surface area is 145 Å². The van der Waals surface area contributed by atoms with Crippen LogP contribution in [0.4, 0.5) is 14.5 Å². The Morgan fingerprint density at radius 3 is 2.16 bits per heavy atom. The molecule has 2 aromatic rings. The van der Waals surface area contributed by atoms with Gasteiger partial charge in [0.2, 0.25) is 5.91 Å². The summed E-state index contributed by atoms with van der Waals surface area (Å²) in [4.78, 5) is 23.8. The molecule has 0 bridgehead atoms. The van der Waals surface area contributed by atoms with E-state index < -0.39 is 17.5 Å². The number of rotatable bonds is 4. The summed E-state index contributed by atoms with van der Waals surface area (Å²) in [6.07, 6.45) is 0. The zero-order valence-electron chi connectivity index (χ0n) is 14.3. The maximum absolute atomic E-state index is 13.1. The predicted octanol–water partition coefficient (Wildman–Crippen LogP) is 3.63. The standard InChI is InChI=1S/C19H20F2N2O2/c1-19(2,3)13-6-4-12(5-7-13)18(25)22-11-17(24)23-14-8-9-15(20)16(21)10-14/h4-10H,11H2,1-3H3,(H,22,25)(H,23,24). The second-order valence-corrected chi connectivity index (χ2v) is 6.69. The Morgan fingerprint density at radius 1 is 0.960 bits per heavy atom. The fraction of sp³-hybridized carbons (Fsp3) is 0.263. The van der Waals surface area contributed by atoms with E-state index in [1.807, 2.05) is 12.1 Å². The summed E-state index contributed by atoms with van der Waals surface area (Å²) in [6, 6.07) is 10.2. The molecule has 0 atom stereocenters. The van der Waals surface area contributed by atoms with Crippen LogP contribution in [-0.4, -0.2) is 18.4 Å². The van der Waals surface area contributed by atoms with Crippen molar-refractivity contribution in [3.05, 3.63) is 65.2 Å². The molecule has 0 saturated carbocycles. The first-order chi connectivity index (χ1) is 11.7. The summed E-state index contributed by atoms with van der Waals surface area (Å²) >= 11 is 0. The van der Waals surface area contributed by atoms with Crippen molar-refractivity contribution < 1.29 is 18.4 Å². The molecule has 4 nitrogen and oxygen atoms in total. The zero-order chi connectivity index (χ0) is 18.6. The lowest BCUT2D eigenvalue weighted by Crippen LogP contribution is -2.32. The van der Waals surface area contributed by atoms with Crippen LogP contribution >= 0.6 is 0 Å². The van der Waals surface area contributed by atoms with Gasteiger partial charge in [0.15, 0.2) is 11.6 Å². The fourth-order valence-electron chi connectivity index (χ4n) is 2.16. The highest BCUT2D eigenvalue weighted by Gasteiger charge is 2.14. The maximum atomic E-state index is 13.1. The minimum absolute atomic E-state index is 0.0146. The Kier molecular flexibility index (Phi) is 5.51. The van der Waals surface area contributed by atoms with Gasteiger partial charge < -0.3 is 10.6 Å². The highest BCUT2D eigenvalue weighted by molar-refractivity contribution is 5.99. The Morgan fingerprint density at radius 2 is 1.60 bits per heavy atom. The number of amides is 2. The Bertz CT molecular complexity index is 781. The van der Waals surface area contributed by atoms with Gasteiger partial charge in [-0.1, -0.05) is 32.9 Å². The van der Waals surface area contributed by atoms with E-state index in [1.54, 1.807) is 12.1 Å². The van der Waals surface area contributed by atoms with E-state index in [0.717, 1.165) is 17.7 Å². The summed E-state index contributed by atoms with van der Waals surface area (Å²) < 4.78 is 25.9. The monoisotopic (exact) mass is 346 g/mol. The number of benzene rings is 2. The van der Waals surface area contributed by atoms with Crippen LogP contribution in [0.3, 0.4) is 0 Å². The molecule has 0 radical (unpaired) electrons. The van der Waals surface area contributed by atoms with Crippen molar-refractivity contribution in [3.63, 3.8) is 0 Å². The summed E-state index contributed by atoms with van der Waals surface area (Å²) in [6.45, 7) is 5.94. The largest absolute Gasteiger partial charge is 0.343 e. The minimum atomic E-state index is -1.05. The molecule has 6 heteroatoms. The van der Waals surface area contributed by atoms with Crippen molar-refractivity contribution in [2.75, 3.05) is 11.9 Å². The second-order valence-electron chi connectivity index (χ2n) is 6.69. The van der Waals surface area contributed by atoms with Crippen LogP contribution in [0.15, 0.2) is 42.5 Å². The molecule has 25 heavy (non-hydrogen) atoms. The topological polar surface area (TPSA) is 58.2 Å². The highest BCUT2D eigenvalue weighted by Crippen LogP contribution is 2.22. The van der Waals surface area contributed by atoms with Crippen molar-refractivity contribution in [1.29, 1.82) is 0 Å². The van der Waals surface area contributed by atoms with Gasteiger partial charge in [-0.15, -0.1) is 0 Å². The molecule has 0 fully saturated rings. The normalized spacial score (nSPS) is 11.1. The highest BCUT2D eigenvalue weighted by atomic mass is 19.2. The summed E-state index contributed by atoms with van der Waals surface area (Å²) in [5, 5.41) is 4.87. The number of carbonyl (C=O) groups is 2. The van der Waals surface area contributed by atoms with Crippen LogP contribution in [0, 0.1) is 11.6 Å². The lowest BCUT2D eigenvalue weighted by Gasteiger charge is -2.19. The molecule has 132 valence electrons. The van der Waals surface area contributed by atoms with E-state index in [0.29, 0.717) is 5.56 Å². The number of anilines is 1. The molecule has 2 aromatic carbocycles. The third-order valence-corrected chi connectivity index (χ3v) is 3.63. The fourth-order valence-corrected chi connectivity index (χ4v) is 2.16. The van der Waals surface area contributed by atoms with Crippen LogP contribution < -0.4 is 10.6 Å². The van der Waals surface area contributed by atoms with Gasteiger partial charge in [0.25, 0.3) is 5.91 Å². The molecule has 0 spiro atoms. The van der Waals surface area contributed by atoms with Gasteiger partial charge in [-0.2, -0.15) is 0 Å². The van der Waals surface area contributed by atoms with E-state index >= 15 is 0 Å². The molecule has 2 amide bonds. The van der Waals surface area contributed by atoms with E-state index in [9.17, 15) is 18.4 Å². The smallest absolute Gasteiger partial charge is 0.251 e. The van der Waals surface area contributed by atoms with Crippen LogP contribution in [-0.2, 0) is 10.2 Å². The first-order valence-corrected chi connectivity index (χ1v) is 7.80. The van der Waals surface area contributed by atoms with Crippen molar-refractivity contribution in [1.82, 2.24) is 5.32 Å². The quantitative estimate of drug-likeness (QED) is 0.888. The molecule has 0 heterocycles. The number of nitrogens with one attached hydrogen (secondary N) is 2. The Balaban J connectivity index is 1.90. The molecule has 0 aromatic heterocycles. The molecular weight excluding hydrogens is 326 g/mol. The number of hydrogen-bond donors (Lipinski definition) is 2. The third-order valence-electron chi connectivity index (χ3n) is 3.63. The first-order valence-electron chi connectivity index (χ1n) is 7.80. The van der Waals surface area contributed by atoms with Gasteiger partial charge in [-0.25, -0.2) is 8.78 Å². The number of carbonyl (C=O) groups excluding carboxylic acids is 2. The molecule has 2 rings (SSSR count). The van der Waals surface area contributed by atoms with Crippen molar-refractivity contribution in [2.45, 2.75) is 26.2 Å². The van der Waals surface area contributed by atoms with Crippen LogP contribution in [0.25, 0.3) is 0 Å². The lowest BCUT2D eigenvalue weighted by molar-refractivity contribution is -0.115. The molecule has 0 aliphatic heterocycles. The molecule has 0 aliphatic carbocycles.